The van der Waals surface area contributed by atoms with Gasteiger partial charge in [0.05, 0.1) is 17.3 Å². The number of hydrogen-bond donors (Lipinski definition) is 0. The van der Waals surface area contributed by atoms with Crippen LogP contribution in [0.15, 0.2) is 22.7 Å². The second-order valence-corrected chi connectivity index (χ2v) is 6.65. The summed E-state index contributed by atoms with van der Waals surface area (Å²) in [6.07, 6.45) is 7.38. The Morgan fingerprint density at radius 2 is 2.15 bits per heavy atom. The Balaban J connectivity index is 1.59. The standard InChI is InChI=1S/C16H18BrNO2/c17-13-3-4-15(12(9-13)10-18)19-11-14-5-8-16(20-14)6-1-2-7-16/h3-4,9,14H,1-2,5-8,11H2. The molecule has 1 aromatic rings. The van der Waals surface area contributed by atoms with Crippen LogP contribution < -0.4 is 4.74 Å². The van der Waals surface area contributed by atoms with E-state index < -0.39 is 0 Å². The molecule has 0 N–H and O–H groups in total. The van der Waals surface area contributed by atoms with Crippen LogP contribution in [-0.4, -0.2) is 18.3 Å². The van der Waals surface area contributed by atoms with Gasteiger partial charge in [0.1, 0.15) is 18.4 Å². The molecule has 4 heteroatoms. The monoisotopic (exact) mass is 335 g/mol. The average molecular weight is 336 g/mol. The lowest BCUT2D eigenvalue weighted by molar-refractivity contribution is -0.0509. The van der Waals surface area contributed by atoms with Gasteiger partial charge in [0.2, 0.25) is 0 Å². The quantitative estimate of drug-likeness (QED) is 0.831. The zero-order chi connectivity index (χ0) is 14.0. The second-order valence-electron chi connectivity index (χ2n) is 5.73. The molecular formula is C16H18BrNO2. The van der Waals surface area contributed by atoms with Gasteiger partial charge in [-0.05, 0) is 43.9 Å². The SMILES string of the molecule is N#Cc1cc(Br)ccc1OCC1CCC2(CCCC2)O1. The molecule has 1 saturated heterocycles. The third-order valence-electron chi connectivity index (χ3n) is 4.34. The van der Waals surface area contributed by atoms with Gasteiger partial charge in [-0.25, -0.2) is 0 Å². The van der Waals surface area contributed by atoms with Gasteiger partial charge in [-0.2, -0.15) is 5.26 Å². The maximum Gasteiger partial charge on any atom is 0.137 e. The minimum absolute atomic E-state index is 0.145. The molecule has 1 unspecified atom stereocenters. The first-order valence-electron chi connectivity index (χ1n) is 7.21. The van der Waals surface area contributed by atoms with Crippen molar-refractivity contribution in [2.45, 2.75) is 50.2 Å². The molecule has 0 amide bonds. The van der Waals surface area contributed by atoms with Crippen molar-refractivity contribution in [2.24, 2.45) is 0 Å². The highest BCUT2D eigenvalue weighted by atomic mass is 79.9. The van der Waals surface area contributed by atoms with Crippen molar-refractivity contribution in [2.75, 3.05) is 6.61 Å². The lowest BCUT2D eigenvalue weighted by atomic mass is 9.98. The van der Waals surface area contributed by atoms with Crippen LogP contribution in [0.4, 0.5) is 0 Å². The normalized spacial score (nSPS) is 23.9. The average Bonchev–Trinajstić information content (AvgIpc) is 3.08. The largest absolute Gasteiger partial charge is 0.489 e. The molecule has 1 saturated carbocycles. The molecule has 0 radical (unpaired) electrons. The zero-order valence-electron chi connectivity index (χ0n) is 11.4. The van der Waals surface area contributed by atoms with Crippen molar-refractivity contribution >= 4 is 15.9 Å². The van der Waals surface area contributed by atoms with E-state index >= 15 is 0 Å². The summed E-state index contributed by atoms with van der Waals surface area (Å²) in [5, 5.41) is 9.12. The van der Waals surface area contributed by atoms with Crippen LogP contribution in [0.2, 0.25) is 0 Å². The van der Waals surface area contributed by atoms with E-state index in [4.69, 9.17) is 14.7 Å². The molecule has 3 nitrogen and oxygen atoms in total. The number of nitriles is 1. The van der Waals surface area contributed by atoms with Crippen molar-refractivity contribution in [1.82, 2.24) is 0 Å². The molecule has 1 heterocycles. The molecule has 1 aliphatic heterocycles. The highest BCUT2D eigenvalue weighted by Gasteiger charge is 2.42. The smallest absolute Gasteiger partial charge is 0.137 e. The number of halogens is 1. The first-order chi connectivity index (χ1) is 9.71. The number of rotatable bonds is 3. The molecule has 1 aromatic carbocycles. The minimum Gasteiger partial charge on any atom is -0.489 e. The van der Waals surface area contributed by atoms with Gasteiger partial charge in [0.25, 0.3) is 0 Å². The molecule has 20 heavy (non-hydrogen) atoms. The van der Waals surface area contributed by atoms with Crippen LogP contribution >= 0.6 is 15.9 Å². The Bertz CT molecular complexity index is 532. The van der Waals surface area contributed by atoms with Gasteiger partial charge in [0.15, 0.2) is 0 Å². The molecule has 3 rings (SSSR count). The predicted octanol–water partition coefficient (Wildman–Crippen LogP) is 4.19. The van der Waals surface area contributed by atoms with Gasteiger partial charge in [-0.3, -0.25) is 0 Å². The highest BCUT2D eigenvalue weighted by molar-refractivity contribution is 9.10. The molecule has 106 valence electrons. The summed E-state index contributed by atoms with van der Waals surface area (Å²) < 4.78 is 12.9. The lowest BCUT2D eigenvalue weighted by Crippen LogP contribution is -2.27. The van der Waals surface area contributed by atoms with Crippen molar-refractivity contribution in [3.63, 3.8) is 0 Å². The molecule has 2 fully saturated rings. The van der Waals surface area contributed by atoms with Gasteiger partial charge >= 0.3 is 0 Å². The summed E-state index contributed by atoms with van der Waals surface area (Å²) in [6.45, 7) is 0.540. The third-order valence-corrected chi connectivity index (χ3v) is 4.83. The Morgan fingerprint density at radius 3 is 2.90 bits per heavy atom. The molecule has 1 atom stereocenters. The molecule has 0 aromatic heterocycles. The van der Waals surface area contributed by atoms with E-state index in [1.165, 1.54) is 25.7 Å². The maximum absolute atomic E-state index is 9.12. The predicted molar refractivity (Wildman–Crippen MR) is 79.7 cm³/mol. The Hall–Kier alpha value is -1.05. The fraction of sp³-hybridized carbons (Fsp3) is 0.562. The summed E-state index contributed by atoms with van der Waals surface area (Å²) in [4.78, 5) is 0. The van der Waals surface area contributed by atoms with E-state index in [2.05, 4.69) is 22.0 Å². The van der Waals surface area contributed by atoms with Crippen LogP contribution in [0, 0.1) is 11.3 Å². The van der Waals surface area contributed by atoms with Crippen LogP contribution in [-0.2, 0) is 4.74 Å². The van der Waals surface area contributed by atoms with Gasteiger partial charge < -0.3 is 9.47 Å². The van der Waals surface area contributed by atoms with E-state index in [1.54, 1.807) is 6.07 Å². The number of hydrogen-bond acceptors (Lipinski definition) is 3. The van der Waals surface area contributed by atoms with E-state index in [9.17, 15) is 0 Å². The van der Waals surface area contributed by atoms with Crippen molar-refractivity contribution in [3.8, 4) is 11.8 Å². The first kappa shape index (κ1) is 13.9. The molecule has 0 bridgehead atoms. The number of benzene rings is 1. The Kier molecular flexibility index (Phi) is 4.00. The fourth-order valence-electron chi connectivity index (χ4n) is 3.30. The van der Waals surface area contributed by atoms with Gasteiger partial charge in [-0.15, -0.1) is 0 Å². The van der Waals surface area contributed by atoms with Gasteiger partial charge in [0, 0.05) is 4.47 Å². The highest BCUT2D eigenvalue weighted by Crippen LogP contribution is 2.43. The number of ether oxygens (including phenoxy) is 2. The first-order valence-corrected chi connectivity index (χ1v) is 8.00. The summed E-state index contributed by atoms with van der Waals surface area (Å²) >= 11 is 3.36. The Morgan fingerprint density at radius 1 is 1.35 bits per heavy atom. The molecule has 1 spiro atoms. The van der Waals surface area contributed by atoms with Crippen LogP contribution in [0.5, 0.6) is 5.75 Å². The third kappa shape index (κ3) is 2.84. The topological polar surface area (TPSA) is 42.2 Å². The maximum atomic E-state index is 9.12. The van der Waals surface area contributed by atoms with Gasteiger partial charge in [-0.1, -0.05) is 28.8 Å². The number of nitrogens with zero attached hydrogens (tertiary/aromatic N) is 1. The Labute approximate surface area is 128 Å². The van der Waals surface area contributed by atoms with E-state index in [1.807, 2.05) is 12.1 Å². The van der Waals surface area contributed by atoms with E-state index in [0.717, 1.165) is 17.3 Å². The van der Waals surface area contributed by atoms with E-state index in [-0.39, 0.29) is 11.7 Å². The molecular weight excluding hydrogens is 318 g/mol. The van der Waals surface area contributed by atoms with Crippen LogP contribution in [0.25, 0.3) is 0 Å². The van der Waals surface area contributed by atoms with Crippen LogP contribution in [0.3, 0.4) is 0 Å². The lowest BCUT2D eigenvalue weighted by Gasteiger charge is -2.23. The zero-order valence-corrected chi connectivity index (χ0v) is 13.0. The second kappa shape index (κ2) is 5.75. The summed E-state index contributed by atoms with van der Waals surface area (Å²) in [6, 6.07) is 7.67. The fourth-order valence-corrected chi connectivity index (χ4v) is 3.66. The van der Waals surface area contributed by atoms with Crippen molar-refractivity contribution < 1.29 is 9.47 Å². The summed E-state index contributed by atoms with van der Waals surface area (Å²) in [7, 11) is 0. The molecule has 2 aliphatic rings. The molecule has 1 aliphatic carbocycles. The van der Waals surface area contributed by atoms with Crippen LogP contribution in [0.1, 0.15) is 44.1 Å². The summed E-state index contributed by atoms with van der Waals surface area (Å²) in [5.41, 5.74) is 0.708. The van der Waals surface area contributed by atoms with Crippen molar-refractivity contribution in [1.29, 1.82) is 5.26 Å². The minimum atomic E-state index is 0.145. The van der Waals surface area contributed by atoms with E-state index in [0.29, 0.717) is 17.9 Å². The van der Waals surface area contributed by atoms with Crippen molar-refractivity contribution in [3.05, 3.63) is 28.2 Å². The summed E-state index contributed by atoms with van der Waals surface area (Å²) in [5.74, 6) is 0.645.